The Labute approximate surface area is 176 Å². The zero-order valence-corrected chi connectivity index (χ0v) is 17.5. The van der Waals surface area contributed by atoms with Crippen molar-refractivity contribution in [2.45, 2.75) is 46.0 Å². The van der Waals surface area contributed by atoms with Gasteiger partial charge in [-0.05, 0) is 32.8 Å². The molecule has 30 heavy (non-hydrogen) atoms. The van der Waals surface area contributed by atoms with Crippen molar-refractivity contribution in [1.29, 1.82) is 0 Å². The molecule has 1 heterocycles. The fraction of sp³-hybridized carbons (Fsp3) is 0.364. The van der Waals surface area contributed by atoms with Gasteiger partial charge in [-0.25, -0.2) is 9.59 Å². The van der Waals surface area contributed by atoms with Gasteiger partial charge in [-0.15, -0.1) is 0 Å². The van der Waals surface area contributed by atoms with Gasteiger partial charge in [-0.3, -0.25) is 4.79 Å². The summed E-state index contributed by atoms with van der Waals surface area (Å²) in [7, 11) is 0. The highest BCUT2D eigenvalue weighted by Gasteiger charge is 2.18. The van der Waals surface area contributed by atoms with Crippen molar-refractivity contribution < 1.29 is 28.4 Å². The molecule has 0 fully saturated rings. The van der Waals surface area contributed by atoms with Crippen molar-refractivity contribution in [1.82, 2.24) is 10.6 Å². The van der Waals surface area contributed by atoms with Crippen LogP contribution in [0, 0.1) is 0 Å². The molecule has 2 atom stereocenters. The predicted molar refractivity (Wildman–Crippen MR) is 109 cm³/mol. The van der Waals surface area contributed by atoms with E-state index in [0.717, 1.165) is 5.56 Å². The molecule has 0 saturated carbocycles. The molecule has 0 aliphatic carbocycles. The van der Waals surface area contributed by atoms with Crippen molar-refractivity contribution >= 4 is 18.0 Å². The number of aromatic nitrogens is 1. The first kappa shape index (κ1) is 22.9. The number of rotatable bonds is 9. The summed E-state index contributed by atoms with van der Waals surface area (Å²) in [5.41, 5.74) is 1.51. The van der Waals surface area contributed by atoms with Gasteiger partial charge in [-0.1, -0.05) is 30.3 Å². The molecule has 0 aliphatic rings. The first-order chi connectivity index (χ1) is 14.4. The number of hydrogen-bond acceptors (Lipinski definition) is 5. The maximum absolute atomic E-state index is 12.2. The van der Waals surface area contributed by atoms with Crippen LogP contribution in [0.2, 0.25) is 0 Å². The first-order valence-corrected chi connectivity index (χ1v) is 9.82. The summed E-state index contributed by atoms with van der Waals surface area (Å²) in [6.07, 6.45) is 3.42. The molecule has 0 aliphatic heterocycles. The Balaban J connectivity index is 1.77. The lowest BCUT2D eigenvalue weighted by molar-refractivity contribution is -0.727. The summed E-state index contributed by atoms with van der Waals surface area (Å²) in [5, 5.41) is 5.36. The van der Waals surface area contributed by atoms with E-state index in [9.17, 15) is 14.4 Å². The zero-order valence-electron chi connectivity index (χ0n) is 17.5. The zero-order chi connectivity index (χ0) is 21.9. The lowest BCUT2D eigenvalue weighted by Crippen LogP contribution is -2.41. The molecule has 8 heteroatoms. The van der Waals surface area contributed by atoms with E-state index in [4.69, 9.17) is 9.47 Å². The fourth-order valence-electron chi connectivity index (χ4n) is 2.70. The summed E-state index contributed by atoms with van der Waals surface area (Å²) < 4.78 is 11.7. The second-order valence-corrected chi connectivity index (χ2v) is 6.84. The van der Waals surface area contributed by atoms with Gasteiger partial charge < -0.3 is 20.1 Å². The molecule has 0 saturated heterocycles. The summed E-state index contributed by atoms with van der Waals surface area (Å²) in [6.45, 7) is 5.43. The third-order valence-corrected chi connectivity index (χ3v) is 4.23. The van der Waals surface area contributed by atoms with Crippen LogP contribution in [0.15, 0.2) is 54.9 Å². The van der Waals surface area contributed by atoms with Gasteiger partial charge >= 0.3 is 12.1 Å². The maximum atomic E-state index is 12.2. The van der Waals surface area contributed by atoms with E-state index in [2.05, 4.69) is 10.6 Å². The van der Waals surface area contributed by atoms with Gasteiger partial charge in [0.1, 0.15) is 6.04 Å². The molecule has 2 N–H and O–H groups in total. The van der Waals surface area contributed by atoms with Crippen LogP contribution in [0.25, 0.3) is 0 Å². The summed E-state index contributed by atoms with van der Waals surface area (Å²) in [5.74, 6) is -0.881. The van der Waals surface area contributed by atoms with Gasteiger partial charge in [0, 0.05) is 18.2 Å². The highest BCUT2D eigenvalue weighted by molar-refractivity contribution is 5.96. The van der Waals surface area contributed by atoms with Crippen LogP contribution in [0.1, 0.15) is 36.7 Å². The Bertz CT molecular complexity index is 840. The van der Waals surface area contributed by atoms with Gasteiger partial charge in [0.2, 0.25) is 0 Å². The smallest absolute Gasteiger partial charge is 0.412 e. The van der Waals surface area contributed by atoms with E-state index in [1.165, 1.54) is 0 Å². The topological polar surface area (TPSA) is 97.6 Å². The summed E-state index contributed by atoms with van der Waals surface area (Å²) >= 11 is 0. The number of nitrogens with one attached hydrogen (secondary N) is 2. The number of benzene rings is 1. The predicted octanol–water partition coefficient (Wildman–Crippen LogP) is 1.97. The maximum Gasteiger partial charge on any atom is 0.412 e. The molecular formula is C22H28N3O5+. The van der Waals surface area contributed by atoms with E-state index < -0.39 is 24.0 Å². The van der Waals surface area contributed by atoms with Crippen molar-refractivity contribution in [3.63, 3.8) is 0 Å². The lowest BCUT2D eigenvalue weighted by Gasteiger charge is -2.13. The third kappa shape index (κ3) is 7.54. The Kier molecular flexibility index (Phi) is 8.80. The molecule has 0 unspecified atom stereocenters. The van der Waals surface area contributed by atoms with Crippen LogP contribution < -0.4 is 15.2 Å². The molecule has 8 nitrogen and oxygen atoms in total. The van der Waals surface area contributed by atoms with Gasteiger partial charge in [0.15, 0.2) is 12.4 Å². The number of pyridine rings is 1. The first-order valence-electron chi connectivity index (χ1n) is 9.82. The van der Waals surface area contributed by atoms with E-state index >= 15 is 0 Å². The van der Waals surface area contributed by atoms with E-state index in [-0.39, 0.29) is 19.4 Å². The second-order valence-electron chi connectivity index (χ2n) is 6.84. The van der Waals surface area contributed by atoms with Crippen LogP contribution in [0.4, 0.5) is 4.79 Å². The summed E-state index contributed by atoms with van der Waals surface area (Å²) in [4.78, 5) is 35.8. The number of hydrogen-bond donors (Lipinski definition) is 2. The van der Waals surface area contributed by atoms with Crippen molar-refractivity contribution in [3.8, 4) is 0 Å². The van der Waals surface area contributed by atoms with E-state index in [1.54, 1.807) is 42.9 Å². The molecule has 1 aromatic carbocycles. The normalized spacial score (nSPS) is 12.4. The Morgan fingerprint density at radius 3 is 2.27 bits per heavy atom. The largest absolute Gasteiger partial charge is 0.464 e. The summed E-state index contributed by atoms with van der Waals surface area (Å²) in [6, 6.07) is 12.2. The second kappa shape index (κ2) is 11.5. The number of esters is 1. The Morgan fingerprint density at radius 1 is 0.967 bits per heavy atom. The standard InChI is InChI=1S/C22H27N3O5/c1-4-29-21(27)17(3)24-20(26)19-10-12-25(13-11-19)15-30-22(28)23-16(2)14-18-8-6-5-7-9-18/h5-13,16-17H,4,14-15H2,1-3H3,(H-,23,24,26,28)/p+1/t16-,17-/m0/s1. The highest BCUT2D eigenvalue weighted by atomic mass is 16.6. The third-order valence-electron chi connectivity index (χ3n) is 4.23. The minimum atomic E-state index is -0.741. The van der Waals surface area contributed by atoms with Gasteiger partial charge in [0.25, 0.3) is 12.6 Å². The molecular weight excluding hydrogens is 386 g/mol. The van der Waals surface area contributed by atoms with E-state index in [1.807, 2.05) is 37.3 Å². The average Bonchev–Trinajstić information content (AvgIpc) is 2.73. The van der Waals surface area contributed by atoms with E-state index in [0.29, 0.717) is 12.0 Å². The molecule has 2 rings (SSSR count). The quantitative estimate of drug-likeness (QED) is 0.483. The Hall–Kier alpha value is -3.42. The van der Waals surface area contributed by atoms with Gasteiger partial charge in [0.05, 0.1) is 12.2 Å². The molecule has 160 valence electrons. The van der Waals surface area contributed by atoms with Crippen LogP contribution in [0.5, 0.6) is 0 Å². The molecule has 0 radical (unpaired) electrons. The van der Waals surface area contributed by atoms with Crippen molar-refractivity contribution in [3.05, 3.63) is 66.0 Å². The number of ether oxygens (including phenoxy) is 2. The number of amides is 2. The Morgan fingerprint density at radius 2 is 1.63 bits per heavy atom. The average molecular weight is 414 g/mol. The minimum absolute atomic E-state index is 0.00498. The van der Waals surface area contributed by atoms with Crippen molar-refractivity contribution in [2.75, 3.05) is 6.61 Å². The van der Waals surface area contributed by atoms with Crippen LogP contribution in [0.3, 0.4) is 0 Å². The minimum Gasteiger partial charge on any atom is -0.464 e. The monoisotopic (exact) mass is 414 g/mol. The van der Waals surface area contributed by atoms with Crippen LogP contribution in [-0.2, 0) is 27.4 Å². The molecule has 0 bridgehead atoms. The molecule has 2 amide bonds. The molecule has 0 spiro atoms. The molecule has 1 aromatic heterocycles. The van der Waals surface area contributed by atoms with Crippen molar-refractivity contribution in [2.24, 2.45) is 0 Å². The van der Waals surface area contributed by atoms with Crippen LogP contribution in [-0.4, -0.2) is 36.7 Å². The highest BCUT2D eigenvalue weighted by Crippen LogP contribution is 2.03. The number of alkyl carbamates (subject to hydrolysis) is 1. The van der Waals surface area contributed by atoms with Gasteiger partial charge in [-0.2, -0.15) is 4.57 Å². The number of carbonyl (C=O) groups is 3. The number of nitrogens with zero attached hydrogens (tertiary/aromatic N) is 1. The lowest BCUT2D eigenvalue weighted by atomic mass is 10.1. The SMILES string of the molecule is CCOC(=O)[C@H](C)NC(=O)c1cc[n+](COC(=O)N[C@@H](C)Cc2ccccc2)cc1. The fourth-order valence-corrected chi connectivity index (χ4v) is 2.70. The molecule has 2 aromatic rings. The number of carbonyl (C=O) groups excluding carboxylic acids is 3. The van der Waals surface area contributed by atoms with Crippen LogP contribution >= 0.6 is 0 Å².